The number of halogens is 1. The van der Waals surface area contributed by atoms with Crippen LogP contribution in [0.15, 0.2) is 42.5 Å². The van der Waals surface area contributed by atoms with E-state index in [4.69, 9.17) is 22.1 Å². The Bertz CT molecular complexity index is 641. The minimum Gasteiger partial charge on any atom is -0.493 e. The van der Waals surface area contributed by atoms with Gasteiger partial charge in [0.05, 0.1) is 6.61 Å². The maximum Gasteiger partial charge on any atom is 0.122 e. The van der Waals surface area contributed by atoms with Gasteiger partial charge in [-0.15, -0.1) is 0 Å². The first-order valence-electron chi connectivity index (χ1n) is 7.38. The van der Waals surface area contributed by atoms with Gasteiger partial charge in [-0.25, -0.2) is 0 Å². The Morgan fingerprint density at radius 2 is 2.10 bits per heavy atom. The van der Waals surface area contributed by atoms with E-state index in [1.54, 1.807) is 0 Å². The zero-order valence-electron chi connectivity index (χ0n) is 12.2. The molecule has 2 aromatic rings. The van der Waals surface area contributed by atoms with E-state index in [9.17, 15) is 0 Å². The second-order valence-corrected chi connectivity index (χ2v) is 6.15. The topological polar surface area (TPSA) is 35.2 Å². The fourth-order valence-corrected chi connectivity index (χ4v) is 3.38. The van der Waals surface area contributed by atoms with Crippen molar-refractivity contribution in [3.63, 3.8) is 0 Å². The summed E-state index contributed by atoms with van der Waals surface area (Å²) in [5.74, 6) is 1.47. The summed E-state index contributed by atoms with van der Waals surface area (Å²) in [5.41, 5.74) is 10.1. The van der Waals surface area contributed by atoms with Crippen molar-refractivity contribution >= 4 is 11.6 Å². The molecule has 0 aliphatic carbocycles. The second kappa shape index (κ2) is 6.08. The maximum absolute atomic E-state index is 6.45. The van der Waals surface area contributed by atoms with Crippen LogP contribution in [0.25, 0.3) is 0 Å². The van der Waals surface area contributed by atoms with Crippen LogP contribution in [0, 0.1) is 6.92 Å². The molecule has 2 atom stereocenters. The number of benzene rings is 2. The van der Waals surface area contributed by atoms with E-state index < -0.39 is 0 Å². The monoisotopic (exact) mass is 301 g/mol. The summed E-state index contributed by atoms with van der Waals surface area (Å²) in [6.45, 7) is 2.84. The molecule has 2 unspecified atom stereocenters. The molecule has 0 radical (unpaired) electrons. The first-order valence-corrected chi connectivity index (χ1v) is 7.76. The molecule has 2 aromatic carbocycles. The van der Waals surface area contributed by atoms with Crippen molar-refractivity contribution in [2.24, 2.45) is 5.73 Å². The Kier molecular flexibility index (Phi) is 4.18. The molecular formula is C18H20ClNO. The summed E-state index contributed by atoms with van der Waals surface area (Å²) in [5, 5.41) is 0.764. The minimum atomic E-state index is 0.0263. The number of nitrogens with two attached hydrogens (primary N) is 1. The largest absolute Gasteiger partial charge is 0.493 e. The number of rotatable bonds is 3. The second-order valence-electron chi connectivity index (χ2n) is 5.71. The predicted octanol–water partition coefficient (Wildman–Crippen LogP) is 4.60. The number of para-hydroxylation sites is 1. The normalized spacial score (nSPS) is 18.7. The van der Waals surface area contributed by atoms with Crippen molar-refractivity contribution in [3.05, 3.63) is 64.2 Å². The summed E-state index contributed by atoms with van der Waals surface area (Å²) in [6.07, 6.45) is 1.96. The quantitative estimate of drug-likeness (QED) is 0.899. The number of fused-ring (bicyclic) bond motifs is 1. The van der Waals surface area contributed by atoms with Crippen LogP contribution in [-0.4, -0.2) is 6.61 Å². The van der Waals surface area contributed by atoms with Gasteiger partial charge in [0.15, 0.2) is 0 Å². The van der Waals surface area contributed by atoms with Crippen molar-refractivity contribution in [2.75, 3.05) is 6.61 Å². The highest BCUT2D eigenvalue weighted by atomic mass is 35.5. The molecule has 1 aliphatic heterocycles. The summed E-state index contributed by atoms with van der Waals surface area (Å²) in [6, 6.07) is 14.3. The number of hydrogen-bond acceptors (Lipinski definition) is 2. The average molecular weight is 302 g/mol. The lowest BCUT2D eigenvalue weighted by molar-refractivity contribution is 0.259. The molecule has 0 saturated carbocycles. The van der Waals surface area contributed by atoms with E-state index in [1.165, 1.54) is 11.1 Å². The van der Waals surface area contributed by atoms with E-state index in [0.29, 0.717) is 5.92 Å². The molecule has 3 rings (SSSR count). The Hall–Kier alpha value is -1.51. The van der Waals surface area contributed by atoms with E-state index in [2.05, 4.69) is 19.1 Å². The molecule has 2 nitrogen and oxygen atoms in total. The average Bonchev–Trinajstić information content (AvgIpc) is 2.47. The van der Waals surface area contributed by atoms with Gasteiger partial charge in [-0.3, -0.25) is 0 Å². The van der Waals surface area contributed by atoms with Gasteiger partial charge >= 0.3 is 0 Å². The first-order chi connectivity index (χ1) is 10.1. The van der Waals surface area contributed by atoms with Crippen LogP contribution >= 0.6 is 11.6 Å². The van der Waals surface area contributed by atoms with Gasteiger partial charge in [0, 0.05) is 11.1 Å². The van der Waals surface area contributed by atoms with Gasteiger partial charge in [0.1, 0.15) is 5.75 Å². The van der Waals surface area contributed by atoms with Gasteiger partial charge in [0.25, 0.3) is 0 Å². The zero-order chi connectivity index (χ0) is 14.8. The molecule has 2 N–H and O–H groups in total. The summed E-state index contributed by atoms with van der Waals surface area (Å²) < 4.78 is 5.72. The number of ether oxygens (including phenoxy) is 1. The molecule has 0 bridgehead atoms. The van der Waals surface area contributed by atoms with Gasteiger partial charge in [-0.2, -0.15) is 0 Å². The first kappa shape index (κ1) is 14.4. The predicted molar refractivity (Wildman–Crippen MR) is 87.0 cm³/mol. The lowest BCUT2D eigenvalue weighted by Gasteiger charge is -2.28. The van der Waals surface area contributed by atoms with Crippen molar-refractivity contribution in [1.29, 1.82) is 0 Å². The Balaban J connectivity index is 1.81. The summed E-state index contributed by atoms with van der Waals surface area (Å²) >= 11 is 6.02. The highest BCUT2D eigenvalue weighted by Crippen LogP contribution is 2.38. The molecule has 1 heterocycles. The third-order valence-electron chi connectivity index (χ3n) is 4.25. The molecule has 0 saturated heterocycles. The molecule has 0 amide bonds. The molecule has 0 aromatic heterocycles. The lowest BCUT2D eigenvalue weighted by Crippen LogP contribution is -2.20. The third kappa shape index (κ3) is 3.07. The van der Waals surface area contributed by atoms with Gasteiger partial charge in [-0.05, 0) is 60.6 Å². The lowest BCUT2D eigenvalue weighted by atomic mass is 9.85. The Morgan fingerprint density at radius 1 is 1.29 bits per heavy atom. The summed E-state index contributed by atoms with van der Waals surface area (Å²) in [4.78, 5) is 0. The van der Waals surface area contributed by atoms with Crippen molar-refractivity contribution in [3.8, 4) is 5.75 Å². The van der Waals surface area contributed by atoms with Crippen LogP contribution in [0.1, 0.15) is 41.5 Å². The zero-order valence-corrected chi connectivity index (χ0v) is 12.9. The number of hydrogen-bond donors (Lipinski definition) is 1. The smallest absolute Gasteiger partial charge is 0.122 e. The minimum absolute atomic E-state index is 0.0263. The standard InChI is InChI=1S/C18H20ClNO/c1-12-10-14(19)6-7-15(12)17(20)11-13-8-9-21-18-5-3-2-4-16(13)18/h2-7,10,13,17H,8-9,11,20H2,1H3. The fourth-order valence-electron chi connectivity index (χ4n) is 3.15. The van der Waals surface area contributed by atoms with E-state index in [0.717, 1.165) is 35.8 Å². The number of aryl methyl sites for hydroxylation is 1. The molecule has 3 heteroatoms. The van der Waals surface area contributed by atoms with Crippen molar-refractivity contribution < 1.29 is 4.74 Å². The van der Waals surface area contributed by atoms with Crippen LogP contribution < -0.4 is 10.5 Å². The molecule has 21 heavy (non-hydrogen) atoms. The van der Waals surface area contributed by atoms with E-state index in [1.807, 2.05) is 30.3 Å². The third-order valence-corrected chi connectivity index (χ3v) is 4.49. The Labute approximate surface area is 130 Å². The molecular weight excluding hydrogens is 282 g/mol. The molecule has 0 fully saturated rings. The highest BCUT2D eigenvalue weighted by Gasteiger charge is 2.24. The van der Waals surface area contributed by atoms with Crippen LogP contribution in [0.5, 0.6) is 5.75 Å². The van der Waals surface area contributed by atoms with Gasteiger partial charge in [-0.1, -0.05) is 35.9 Å². The molecule has 1 aliphatic rings. The fraction of sp³-hybridized carbons (Fsp3) is 0.333. The molecule has 0 spiro atoms. The van der Waals surface area contributed by atoms with Crippen LogP contribution in [-0.2, 0) is 0 Å². The SMILES string of the molecule is Cc1cc(Cl)ccc1C(N)CC1CCOc2ccccc21. The highest BCUT2D eigenvalue weighted by molar-refractivity contribution is 6.30. The van der Waals surface area contributed by atoms with Crippen LogP contribution in [0.4, 0.5) is 0 Å². The molecule has 110 valence electrons. The van der Waals surface area contributed by atoms with Crippen molar-refractivity contribution in [1.82, 2.24) is 0 Å². The van der Waals surface area contributed by atoms with Gasteiger partial charge in [0.2, 0.25) is 0 Å². The maximum atomic E-state index is 6.45. The summed E-state index contributed by atoms with van der Waals surface area (Å²) in [7, 11) is 0. The van der Waals surface area contributed by atoms with E-state index >= 15 is 0 Å². The Morgan fingerprint density at radius 3 is 2.90 bits per heavy atom. The van der Waals surface area contributed by atoms with Crippen LogP contribution in [0.2, 0.25) is 5.02 Å². The van der Waals surface area contributed by atoms with Crippen LogP contribution in [0.3, 0.4) is 0 Å². The van der Waals surface area contributed by atoms with Gasteiger partial charge < -0.3 is 10.5 Å². The van der Waals surface area contributed by atoms with Crippen molar-refractivity contribution in [2.45, 2.75) is 31.7 Å². The van der Waals surface area contributed by atoms with E-state index in [-0.39, 0.29) is 6.04 Å².